The monoisotopic (exact) mass is 396 g/mol. The first kappa shape index (κ1) is 18.2. The number of H-pyrrole nitrogens is 1. The van der Waals surface area contributed by atoms with Gasteiger partial charge in [0.1, 0.15) is 12.1 Å². The Balaban J connectivity index is 1.37. The van der Waals surface area contributed by atoms with Crippen LogP contribution in [0.2, 0.25) is 0 Å². The van der Waals surface area contributed by atoms with Gasteiger partial charge >= 0.3 is 0 Å². The van der Waals surface area contributed by atoms with Crippen LogP contribution in [0.4, 0.5) is 0 Å². The van der Waals surface area contributed by atoms with Crippen LogP contribution in [0.25, 0.3) is 16.6 Å². The molecule has 0 fully saturated rings. The van der Waals surface area contributed by atoms with Crippen molar-refractivity contribution in [2.24, 2.45) is 0 Å². The molecule has 6 nitrogen and oxygen atoms in total. The summed E-state index contributed by atoms with van der Waals surface area (Å²) in [6.07, 6.45) is 9.99. The summed E-state index contributed by atoms with van der Waals surface area (Å²) in [5.41, 5.74) is 4.32. The second-order valence-electron chi connectivity index (χ2n) is 7.27. The molecule has 2 aromatic carbocycles. The zero-order valence-corrected chi connectivity index (χ0v) is 16.3. The van der Waals surface area contributed by atoms with E-state index in [1.54, 1.807) is 30.5 Å². The maximum atomic E-state index is 12.8. The molecule has 5 rings (SSSR count). The number of hydrogen-bond donors (Lipinski definition) is 1. The van der Waals surface area contributed by atoms with E-state index in [1.807, 2.05) is 24.3 Å². The fraction of sp³-hybridized carbons (Fsp3) is 0.167. The number of carbonyl (C=O) groups excluding carboxylic acids is 1. The highest BCUT2D eigenvalue weighted by Gasteiger charge is 2.16. The summed E-state index contributed by atoms with van der Waals surface area (Å²) in [4.78, 5) is 28.7. The molecule has 0 saturated heterocycles. The van der Waals surface area contributed by atoms with Crippen molar-refractivity contribution in [2.75, 3.05) is 0 Å². The quantitative estimate of drug-likeness (QED) is 0.461. The van der Waals surface area contributed by atoms with Crippen molar-refractivity contribution in [1.82, 2.24) is 19.9 Å². The fourth-order valence-electron chi connectivity index (χ4n) is 3.69. The van der Waals surface area contributed by atoms with Crippen LogP contribution in [0, 0.1) is 0 Å². The van der Waals surface area contributed by atoms with E-state index in [4.69, 9.17) is 4.74 Å². The SMILES string of the molecule is O=C(c1ccc(Oc2ncncc2C2=CCCCC2)cc1)c1nc2ccccc2[nH]1. The van der Waals surface area contributed by atoms with E-state index in [0.29, 0.717) is 23.0 Å². The Morgan fingerprint density at radius 1 is 1.03 bits per heavy atom. The molecule has 4 aromatic rings. The highest BCUT2D eigenvalue weighted by Crippen LogP contribution is 2.33. The van der Waals surface area contributed by atoms with Gasteiger partial charge < -0.3 is 9.72 Å². The zero-order chi connectivity index (χ0) is 20.3. The van der Waals surface area contributed by atoms with Crippen LogP contribution in [0.1, 0.15) is 47.4 Å². The highest BCUT2D eigenvalue weighted by atomic mass is 16.5. The molecule has 0 spiro atoms. The van der Waals surface area contributed by atoms with Gasteiger partial charge in [-0.2, -0.15) is 0 Å². The predicted molar refractivity (Wildman–Crippen MR) is 115 cm³/mol. The topological polar surface area (TPSA) is 80.8 Å². The maximum Gasteiger partial charge on any atom is 0.229 e. The molecule has 148 valence electrons. The number of ether oxygens (including phenoxy) is 1. The number of para-hydroxylation sites is 2. The minimum Gasteiger partial charge on any atom is -0.438 e. The molecule has 0 aliphatic heterocycles. The lowest BCUT2D eigenvalue weighted by molar-refractivity contribution is 0.103. The van der Waals surface area contributed by atoms with Crippen molar-refractivity contribution in [3.63, 3.8) is 0 Å². The first-order valence-electron chi connectivity index (χ1n) is 10.0. The molecule has 0 atom stereocenters. The summed E-state index contributed by atoms with van der Waals surface area (Å²) in [5, 5.41) is 0. The number of rotatable bonds is 5. The van der Waals surface area contributed by atoms with Gasteiger partial charge in [-0.3, -0.25) is 4.79 Å². The average molecular weight is 396 g/mol. The second kappa shape index (κ2) is 7.91. The Labute approximate surface area is 173 Å². The number of allylic oxidation sites excluding steroid dienone is 2. The number of nitrogens with one attached hydrogen (secondary N) is 1. The van der Waals surface area contributed by atoms with Crippen molar-refractivity contribution < 1.29 is 9.53 Å². The number of aromatic nitrogens is 4. The Hall–Kier alpha value is -3.80. The molecule has 1 N–H and O–H groups in total. The van der Waals surface area contributed by atoms with Crippen LogP contribution in [-0.2, 0) is 0 Å². The van der Waals surface area contributed by atoms with Crippen LogP contribution in [0.3, 0.4) is 0 Å². The Kier molecular flexibility index (Phi) is 4.81. The van der Waals surface area contributed by atoms with E-state index in [9.17, 15) is 4.79 Å². The summed E-state index contributed by atoms with van der Waals surface area (Å²) in [6.45, 7) is 0. The van der Waals surface area contributed by atoms with Crippen molar-refractivity contribution in [3.05, 3.63) is 84.1 Å². The van der Waals surface area contributed by atoms with Crippen LogP contribution in [0.5, 0.6) is 11.6 Å². The summed E-state index contributed by atoms with van der Waals surface area (Å²) in [5.74, 6) is 1.32. The van der Waals surface area contributed by atoms with Gasteiger partial charge in [0.15, 0.2) is 5.82 Å². The summed E-state index contributed by atoms with van der Waals surface area (Å²) in [7, 11) is 0. The molecule has 2 heterocycles. The van der Waals surface area contributed by atoms with Gasteiger partial charge in [0.2, 0.25) is 11.7 Å². The minimum atomic E-state index is -0.159. The third-order valence-electron chi connectivity index (χ3n) is 5.25. The lowest BCUT2D eigenvalue weighted by Crippen LogP contribution is -2.03. The molecule has 0 amide bonds. The molecule has 0 saturated carbocycles. The number of aromatic amines is 1. The molecular formula is C24H20N4O2. The number of benzene rings is 2. The number of imidazole rings is 1. The number of carbonyl (C=O) groups is 1. The summed E-state index contributed by atoms with van der Waals surface area (Å²) in [6, 6.07) is 14.6. The van der Waals surface area contributed by atoms with Gasteiger partial charge in [0.25, 0.3) is 0 Å². The molecule has 30 heavy (non-hydrogen) atoms. The molecule has 0 radical (unpaired) electrons. The van der Waals surface area contributed by atoms with E-state index >= 15 is 0 Å². The molecule has 1 aliphatic rings. The Morgan fingerprint density at radius 3 is 2.70 bits per heavy atom. The standard InChI is InChI=1S/C24H20N4O2/c29-22(23-27-20-8-4-5-9-21(20)28-23)17-10-12-18(13-11-17)30-24-19(14-25-15-26-24)16-6-2-1-3-7-16/h4-6,8-15H,1-3,7H2,(H,27,28). The molecular weight excluding hydrogens is 376 g/mol. The first-order valence-corrected chi connectivity index (χ1v) is 10.0. The van der Waals surface area contributed by atoms with Gasteiger partial charge in [-0.25, -0.2) is 15.0 Å². The van der Waals surface area contributed by atoms with Crippen LogP contribution in [0.15, 0.2) is 67.1 Å². The molecule has 1 aliphatic carbocycles. The number of ketones is 1. The van der Waals surface area contributed by atoms with E-state index < -0.39 is 0 Å². The molecule has 2 aromatic heterocycles. The second-order valence-corrected chi connectivity index (χ2v) is 7.27. The first-order chi connectivity index (χ1) is 14.8. The van der Waals surface area contributed by atoms with Gasteiger partial charge in [0, 0.05) is 11.8 Å². The van der Waals surface area contributed by atoms with Crippen molar-refractivity contribution in [2.45, 2.75) is 25.7 Å². The Morgan fingerprint density at radius 2 is 1.90 bits per heavy atom. The minimum absolute atomic E-state index is 0.159. The smallest absolute Gasteiger partial charge is 0.229 e. The van der Waals surface area contributed by atoms with E-state index in [-0.39, 0.29) is 5.78 Å². The lowest BCUT2D eigenvalue weighted by atomic mass is 9.95. The summed E-state index contributed by atoms with van der Waals surface area (Å²) < 4.78 is 6.02. The maximum absolute atomic E-state index is 12.8. The summed E-state index contributed by atoms with van der Waals surface area (Å²) >= 11 is 0. The van der Waals surface area contributed by atoms with Gasteiger partial charge in [-0.05, 0) is 67.7 Å². The fourth-order valence-corrected chi connectivity index (χ4v) is 3.69. The van der Waals surface area contributed by atoms with Crippen LogP contribution < -0.4 is 4.74 Å². The third kappa shape index (κ3) is 3.59. The van der Waals surface area contributed by atoms with E-state index in [1.165, 1.54) is 24.7 Å². The normalized spacial score (nSPS) is 13.8. The lowest BCUT2D eigenvalue weighted by Gasteiger charge is -2.15. The zero-order valence-electron chi connectivity index (χ0n) is 16.3. The average Bonchev–Trinajstić information content (AvgIpc) is 3.24. The molecule has 6 heteroatoms. The largest absolute Gasteiger partial charge is 0.438 e. The van der Waals surface area contributed by atoms with Gasteiger partial charge in [-0.1, -0.05) is 18.2 Å². The van der Waals surface area contributed by atoms with Crippen molar-refractivity contribution in [3.8, 4) is 11.6 Å². The Bertz CT molecular complexity index is 1210. The van der Waals surface area contributed by atoms with Crippen molar-refractivity contribution in [1.29, 1.82) is 0 Å². The van der Waals surface area contributed by atoms with Gasteiger partial charge in [-0.15, -0.1) is 0 Å². The highest BCUT2D eigenvalue weighted by molar-refractivity contribution is 6.08. The number of hydrogen-bond acceptors (Lipinski definition) is 5. The third-order valence-corrected chi connectivity index (χ3v) is 5.25. The molecule has 0 bridgehead atoms. The molecule has 0 unspecified atom stereocenters. The number of nitrogens with zero attached hydrogens (tertiary/aromatic N) is 3. The number of fused-ring (bicyclic) bond motifs is 1. The van der Waals surface area contributed by atoms with Crippen molar-refractivity contribution >= 4 is 22.4 Å². The van der Waals surface area contributed by atoms with Gasteiger partial charge in [0.05, 0.1) is 16.6 Å². The van der Waals surface area contributed by atoms with Crippen LogP contribution in [-0.4, -0.2) is 25.7 Å². The van der Waals surface area contributed by atoms with E-state index in [2.05, 4.69) is 26.0 Å². The van der Waals surface area contributed by atoms with E-state index in [0.717, 1.165) is 29.4 Å². The predicted octanol–water partition coefficient (Wildman–Crippen LogP) is 5.33. The van der Waals surface area contributed by atoms with Crippen LogP contribution >= 0.6 is 0 Å².